The molecule has 0 aliphatic carbocycles. The van der Waals surface area contributed by atoms with Gasteiger partial charge in [-0.15, -0.1) is 10.2 Å². The van der Waals surface area contributed by atoms with Gasteiger partial charge < -0.3 is 19.9 Å². The number of carbonyl (C=O) groups is 2. The van der Waals surface area contributed by atoms with Crippen molar-refractivity contribution in [3.8, 4) is 5.75 Å². The maximum atomic E-state index is 12.7. The van der Waals surface area contributed by atoms with Gasteiger partial charge in [-0.1, -0.05) is 36.0 Å². The van der Waals surface area contributed by atoms with Gasteiger partial charge in [0.1, 0.15) is 5.75 Å². The molecule has 0 bridgehead atoms. The summed E-state index contributed by atoms with van der Waals surface area (Å²) in [7, 11) is 1.58. The van der Waals surface area contributed by atoms with E-state index in [0.717, 1.165) is 5.56 Å². The van der Waals surface area contributed by atoms with Gasteiger partial charge in [0, 0.05) is 23.9 Å². The van der Waals surface area contributed by atoms with Crippen LogP contribution in [0.5, 0.6) is 5.75 Å². The van der Waals surface area contributed by atoms with Crippen molar-refractivity contribution in [1.29, 1.82) is 0 Å². The molecule has 0 fully saturated rings. The predicted molar refractivity (Wildman–Crippen MR) is 125 cm³/mol. The van der Waals surface area contributed by atoms with Gasteiger partial charge in [0.2, 0.25) is 5.91 Å². The third kappa shape index (κ3) is 5.67. The number of benzene rings is 2. The van der Waals surface area contributed by atoms with E-state index in [-0.39, 0.29) is 23.6 Å². The molecule has 2 N–H and O–H groups in total. The van der Waals surface area contributed by atoms with Crippen LogP contribution in [0.2, 0.25) is 0 Å². The first-order valence-corrected chi connectivity index (χ1v) is 11.3. The molecule has 9 heteroatoms. The van der Waals surface area contributed by atoms with Gasteiger partial charge in [0.05, 0.1) is 18.9 Å². The predicted octanol–water partition coefficient (Wildman–Crippen LogP) is 3.84. The summed E-state index contributed by atoms with van der Waals surface area (Å²) in [5.41, 5.74) is 2.21. The highest BCUT2D eigenvalue weighted by Crippen LogP contribution is 2.22. The Morgan fingerprint density at radius 3 is 2.66 bits per heavy atom. The Kier molecular flexibility index (Phi) is 7.88. The minimum atomic E-state index is -0.338. The number of methoxy groups -OCH3 is 1. The Balaban J connectivity index is 1.63. The molecular formula is C23H27N5O3S. The van der Waals surface area contributed by atoms with E-state index in [1.54, 1.807) is 25.3 Å². The Hall–Kier alpha value is -3.33. The van der Waals surface area contributed by atoms with Crippen LogP contribution in [-0.2, 0) is 11.3 Å². The number of amides is 2. The first-order chi connectivity index (χ1) is 15.4. The lowest BCUT2D eigenvalue weighted by molar-refractivity contribution is -0.113. The lowest BCUT2D eigenvalue weighted by Crippen LogP contribution is -2.29. The van der Waals surface area contributed by atoms with E-state index in [1.165, 1.54) is 11.8 Å². The fraction of sp³-hybridized carbons (Fsp3) is 0.304. The zero-order chi connectivity index (χ0) is 23.1. The molecule has 0 spiro atoms. The second-order valence-electron chi connectivity index (χ2n) is 7.16. The van der Waals surface area contributed by atoms with Crippen LogP contribution in [0.1, 0.15) is 41.6 Å². The van der Waals surface area contributed by atoms with Gasteiger partial charge in [-0.2, -0.15) is 0 Å². The Bertz CT molecular complexity index is 1100. The average Bonchev–Trinajstić information content (AvgIpc) is 3.21. The summed E-state index contributed by atoms with van der Waals surface area (Å²) in [6, 6.07) is 14.3. The first-order valence-electron chi connectivity index (χ1n) is 10.3. The summed E-state index contributed by atoms with van der Waals surface area (Å²) in [5, 5.41) is 15.0. The Labute approximate surface area is 191 Å². The monoisotopic (exact) mass is 453 g/mol. The summed E-state index contributed by atoms with van der Waals surface area (Å²) in [5.74, 6) is 1.18. The largest absolute Gasteiger partial charge is 0.497 e. The SMILES string of the molecule is CCn1c(SCC(=O)Nc2cccc(OC)c2)nnc1C(C)NC(=O)c1ccccc1C. The molecule has 0 aliphatic rings. The van der Waals surface area contributed by atoms with Crippen molar-refractivity contribution in [1.82, 2.24) is 20.1 Å². The van der Waals surface area contributed by atoms with Gasteiger partial charge in [-0.25, -0.2) is 0 Å². The standard InChI is InChI=1S/C23H27N5O3S/c1-5-28-21(16(3)24-22(30)19-12-7-6-9-15(19)2)26-27-23(28)32-14-20(29)25-17-10-8-11-18(13-17)31-4/h6-13,16H,5,14H2,1-4H3,(H,24,30)(H,25,29). The number of rotatable bonds is 9. The zero-order valence-electron chi connectivity index (χ0n) is 18.6. The van der Waals surface area contributed by atoms with Crippen LogP contribution in [0.15, 0.2) is 53.7 Å². The lowest BCUT2D eigenvalue weighted by Gasteiger charge is -2.16. The minimum Gasteiger partial charge on any atom is -0.497 e. The molecule has 1 unspecified atom stereocenters. The maximum absolute atomic E-state index is 12.7. The molecule has 168 valence electrons. The summed E-state index contributed by atoms with van der Waals surface area (Å²) < 4.78 is 7.08. The number of aryl methyl sites for hydroxylation is 1. The van der Waals surface area contributed by atoms with E-state index in [9.17, 15) is 9.59 Å². The van der Waals surface area contributed by atoms with Crippen LogP contribution in [0.4, 0.5) is 5.69 Å². The Morgan fingerprint density at radius 2 is 1.94 bits per heavy atom. The molecule has 3 rings (SSSR count). The molecule has 3 aromatic rings. The van der Waals surface area contributed by atoms with Crippen LogP contribution in [0.3, 0.4) is 0 Å². The molecule has 32 heavy (non-hydrogen) atoms. The zero-order valence-corrected chi connectivity index (χ0v) is 19.4. The molecule has 1 atom stereocenters. The Morgan fingerprint density at radius 1 is 1.16 bits per heavy atom. The van der Waals surface area contributed by atoms with Crippen molar-refractivity contribution in [2.24, 2.45) is 0 Å². The molecule has 1 aromatic heterocycles. The number of nitrogens with zero attached hydrogens (tertiary/aromatic N) is 3. The fourth-order valence-corrected chi connectivity index (χ4v) is 4.03. The maximum Gasteiger partial charge on any atom is 0.252 e. The normalized spacial score (nSPS) is 11.6. The van der Waals surface area contributed by atoms with Crippen LogP contribution in [0.25, 0.3) is 0 Å². The van der Waals surface area contributed by atoms with Gasteiger partial charge in [0.15, 0.2) is 11.0 Å². The third-order valence-electron chi connectivity index (χ3n) is 4.87. The van der Waals surface area contributed by atoms with Crippen molar-refractivity contribution < 1.29 is 14.3 Å². The highest BCUT2D eigenvalue weighted by atomic mass is 32.2. The van der Waals surface area contributed by atoms with Crippen molar-refractivity contribution in [2.75, 3.05) is 18.2 Å². The van der Waals surface area contributed by atoms with E-state index in [2.05, 4.69) is 20.8 Å². The summed E-state index contributed by atoms with van der Waals surface area (Å²) in [4.78, 5) is 25.0. The number of carbonyl (C=O) groups excluding carboxylic acids is 2. The van der Waals surface area contributed by atoms with E-state index in [1.807, 2.05) is 55.7 Å². The topological polar surface area (TPSA) is 98.1 Å². The molecule has 0 aliphatic heterocycles. The van der Waals surface area contributed by atoms with E-state index in [4.69, 9.17) is 4.74 Å². The first kappa shape index (κ1) is 23.3. The number of aromatic nitrogens is 3. The molecule has 0 radical (unpaired) electrons. The van der Waals surface area contributed by atoms with Gasteiger partial charge in [0.25, 0.3) is 5.91 Å². The molecule has 8 nitrogen and oxygen atoms in total. The second kappa shape index (κ2) is 10.8. The summed E-state index contributed by atoms with van der Waals surface area (Å²) in [6.45, 7) is 6.37. The van der Waals surface area contributed by atoms with Crippen molar-refractivity contribution >= 4 is 29.3 Å². The van der Waals surface area contributed by atoms with E-state index >= 15 is 0 Å². The van der Waals surface area contributed by atoms with Crippen molar-refractivity contribution in [2.45, 2.75) is 38.5 Å². The number of nitrogens with one attached hydrogen (secondary N) is 2. The summed E-state index contributed by atoms with van der Waals surface area (Å²) in [6.07, 6.45) is 0. The van der Waals surface area contributed by atoms with Crippen LogP contribution >= 0.6 is 11.8 Å². The molecular weight excluding hydrogens is 426 g/mol. The lowest BCUT2D eigenvalue weighted by atomic mass is 10.1. The number of hydrogen-bond acceptors (Lipinski definition) is 6. The number of thioether (sulfide) groups is 1. The number of ether oxygens (including phenoxy) is 1. The minimum absolute atomic E-state index is 0.156. The number of hydrogen-bond donors (Lipinski definition) is 2. The average molecular weight is 454 g/mol. The molecule has 2 amide bonds. The van der Waals surface area contributed by atoms with E-state index in [0.29, 0.717) is 34.5 Å². The van der Waals surface area contributed by atoms with E-state index < -0.39 is 0 Å². The van der Waals surface area contributed by atoms with Crippen molar-refractivity contribution in [3.05, 3.63) is 65.5 Å². The molecule has 0 saturated carbocycles. The van der Waals surface area contributed by atoms with Crippen LogP contribution in [0, 0.1) is 6.92 Å². The van der Waals surface area contributed by atoms with Crippen LogP contribution < -0.4 is 15.4 Å². The van der Waals surface area contributed by atoms with Gasteiger partial charge >= 0.3 is 0 Å². The smallest absolute Gasteiger partial charge is 0.252 e. The highest BCUT2D eigenvalue weighted by molar-refractivity contribution is 7.99. The summed E-state index contributed by atoms with van der Waals surface area (Å²) >= 11 is 1.30. The quantitative estimate of drug-likeness (QED) is 0.478. The number of anilines is 1. The molecule has 1 heterocycles. The molecule has 2 aromatic carbocycles. The van der Waals surface area contributed by atoms with Gasteiger partial charge in [-0.05, 0) is 44.5 Å². The highest BCUT2D eigenvalue weighted by Gasteiger charge is 2.20. The second-order valence-corrected chi connectivity index (χ2v) is 8.11. The van der Waals surface area contributed by atoms with Crippen LogP contribution in [-0.4, -0.2) is 39.4 Å². The third-order valence-corrected chi connectivity index (χ3v) is 5.84. The van der Waals surface area contributed by atoms with Gasteiger partial charge in [-0.3, -0.25) is 9.59 Å². The van der Waals surface area contributed by atoms with Crippen molar-refractivity contribution in [3.63, 3.8) is 0 Å². The molecule has 0 saturated heterocycles. The fourth-order valence-electron chi connectivity index (χ4n) is 3.22.